The van der Waals surface area contributed by atoms with Crippen molar-refractivity contribution < 1.29 is 9.59 Å². The van der Waals surface area contributed by atoms with Crippen LogP contribution in [0.25, 0.3) is 11.3 Å². The predicted octanol–water partition coefficient (Wildman–Crippen LogP) is 2.00. The summed E-state index contributed by atoms with van der Waals surface area (Å²) in [6.45, 7) is 3.64. The molecular weight excluding hydrogens is 330 g/mol. The molecule has 0 aliphatic rings. The van der Waals surface area contributed by atoms with Crippen LogP contribution in [0.5, 0.6) is 0 Å². The van der Waals surface area contributed by atoms with Crippen molar-refractivity contribution in [2.24, 2.45) is 0 Å². The Kier molecular flexibility index (Phi) is 6.32. The summed E-state index contributed by atoms with van der Waals surface area (Å²) in [5.74, 6) is 0.630. The maximum Gasteiger partial charge on any atom is 0.246 e. The zero-order chi connectivity index (χ0) is 19.1. The first kappa shape index (κ1) is 19.0. The minimum atomic E-state index is -0.198. The number of nitrogens with zero attached hydrogens (tertiary/aromatic N) is 2. The molecule has 1 heterocycles. The molecular formula is C19H23N5O2. The fourth-order valence-electron chi connectivity index (χ4n) is 2.62. The molecule has 2 aromatic rings. The predicted molar refractivity (Wildman–Crippen MR) is 103 cm³/mol. The molecule has 7 nitrogen and oxygen atoms in total. The Morgan fingerprint density at radius 1 is 1.19 bits per heavy atom. The highest BCUT2D eigenvalue weighted by molar-refractivity contribution is 5.96. The Hall–Kier alpha value is -3.35. The largest absolute Gasteiger partial charge is 0.373 e. The molecule has 0 atom stereocenters. The number of benzene rings is 1. The molecule has 0 saturated heterocycles. The van der Waals surface area contributed by atoms with Crippen molar-refractivity contribution in [2.45, 2.75) is 13.8 Å². The lowest BCUT2D eigenvalue weighted by Crippen LogP contribution is -2.18. The van der Waals surface area contributed by atoms with Crippen LogP contribution in [0, 0.1) is 6.92 Å². The highest BCUT2D eigenvalue weighted by Gasteiger charge is 2.17. The van der Waals surface area contributed by atoms with Crippen LogP contribution < -0.4 is 16.0 Å². The number of amides is 2. The number of aromatic nitrogens is 2. The zero-order valence-electron chi connectivity index (χ0n) is 15.3. The van der Waals surface area contributed by atoms with E-state index >= 15 is 0 Å². The Labute approximate surface area is 152 Å². The van der Waals surface area contributed by atoms with Crippen molar-refractivity contribution in [3.05, 3.63) is 59.4 Å². The molecule has 7 heteroatoms. The van der Waals surface area contributed by atoms with Gasteiger partial charge in [0.05, 0.1) is 11.4 Å². The molecule has 0 fully saturated rings. The second-order valence-electron chi connectivity index (χ2n) is 5.61. The fraction of sp³-hybridized carbons (Fsp3) is 0.211. The van der Waals surface area contributed by atoms with Crippen molar-refractivity contribution in [3.63, 3.8) is 0 Å². The summed E-state index contributed by atoms with van der Waals surface area (Å²) in [4.78, 5) is 22.6. The van der Waals surface area contributed by atoms with Crippen LogP contribution in [0.4, 0.5) is 5.82 Å². The van der Waals surface area contributed by atoms with Crippen molar-refractivity contribution in [2.75, 3.05) is 19.4 Å². The lowest BCUT2D eigenvalue weighted by molar-refractivity contribution is -0.117. The Morgan fingerprint density at radius 3 is 2.46 bits per heavy atom. The van der Waals surface area contributed by atoms with E-state index < -0.39 is 0 Å². The molecule has 136 valence electrons. The number of allylic oxidation sites excluding steroid dienone is 2. The fourth-order valence-corrected chi connectivity index (χ4v) is 2.62. The summed E-state index contributed by atoms with van der Waals surface area (Å²) in [5, 5.41) is 13.0. The average Bonchev–Trinajstić information content (AvgIpc) is 3.01. The number of carbonyl (C=O) groups excluding carboxylic acids is 2. The van der Waals surface area contributed by atoms with Gasteiger partial charge in [-0.1, -0.05) is 18.2 Å². The van der Waals surface area contributed by atoms with Crippen LogP contribution in [-0.4, -0.2) is 36.2 Å². The lowest BCUT2D eigenvalue weighted by atomic mass is 10.1. The molecule has 1 aromatic carbocycles. The Morgan fingerprint density at radius 2 is 1.88 bits per heavy atom. The number of likely N-dealkylation sites (N-methyl/N-ethyl adjacent to an activating group) is 1. The van der Waals surface area contributed by atoms with Gasteiger partial charge in [-0.25, -0.2) is 4.68 Å². The quantitative estimate of drug-likeness (QED) is 0.404. The van der Waals surface area contributed by atoms with Gasteiger partial charge in [-0.3, -0.25) is 9.59 Å². The van der Waals surface area contributed by atoms with Crippen molar-refractivity contribution >= 4 is 23.7 Å². The molecule has 2 rings (SSSR count). The zero-order valence-corrected chi connectivity index (χ0v) is 15.3. The monoisotopic (exact) mass is 353 g/mol. The van der Waals surface area contributed by atoms with Crippen LogP contribution in [0.15, 0.2) is 48.2 Å². The number of hydrogen-bond acceptors (Lipinski definition) is 4. The maximum atomic E-state index is 11.9. The summed E-state index contributed by atoms with van der Waals surface area (Å²) < 4.78 is 1.79. The van der Waals surface area contributed by atoms with Gasteiger partial charge in [0.2, 0.25) is 12.3 Å². The van der Waals surface area contributed by atoms with Gasteiger partial charge in [0.15, 0.2) is 0 Å². The SMILES string of the molecule is CNC(=O)/C(C)=C/C(=C\NC=O)c1nn(-c2ccccc2)c(NC)c1C. The van der Waals surface area contributed by atoms with E-state index in [4.69, 9.17) is 5.10 Å². The third-order valence-corrected chi connectivity index (χ3v) is 3.90. The summed E-state index contributed by atoms with van der Waals surface area (Å²) in [7, 11) is 3.40. The van der Waals surface area contributed by atoms with Crippen LogP contribution in [0.3, 0.4) is 0 Å². The Bertz CT molecular complexity index is 850. The lowest BCUT2D eigenvalue weighted by Gasteiger charge is -2.06. The van der Waals surface area contributed by atoms with Gasteiger partial charge in [0, 0.05) is 37.0 Å². The molecule has 2 amide bonds. The molecule has 26 heavy (non-hydrogen) atoms. The first-order valence-corrected chi connectivity index (χ1v) is 8.16. The number of hydrogen-bond donors (Lipinski definition) is 3. The summed E-state index contributed by atoms with van der Waals surface area (Å²) in [5.41, 5.74) is 3.60. The molecule has 0 unspecified atom stereocenters. The number of carbonyl (C=O) groups is 2. The van der Waals surface area contributed by atoms with E-state index in [9.17, 15) is 9.59 Å². The van der Waals surface area contributed by atoms with E-state index in [0.29, 0.717) is 23.3 Å². The van der Waals surface area contributed by atoms with E-state index in [1.165, 1.54) is 6.20 Å². The van der Waals surface area contributed by atoms with E-state index in [2.05, 4.69) is 16.0 Å². The van der Waals surface area contributed by atoms with Crippen LogP contribution >= 0.6 is 0 Å². The number of anilines is 1. The first-order valence-electron chi connectivity index (χ1n) is 8.16. The molecule has 3 N–H and O–H groups in total. The molecule has 0 radical (unpaired) electrons. The van der Waals surface area contributed by atoms with Crippen LogP contribution in [0.2, 0.25) is 0 Å². The highest BCUT2D eigenvalue weighted by Crippen LogP contribution is 2.28. The second-order valence-corrected chi connectivity index (χ2v) is 5.61. The Balaban J connectivity index is 2.61. The van der Waals surface area contributed by atoms with Gasteiger partial charge in [-0.2, -0.15) is 5.10 Å². The maximum absolute atomic E-state index is 11.9. The minimum Gasteiger partial charge on any atom is -0.373 e. The van der Waals surface area contributed by atoms with Gasteiger partial charge in [0.25, 0.3) is 0 Å². The second kappa shape index (κ2) is 8.66. The standard InChI is InChI=1S/C19H23N5O2/c1-13(19(26)21-4)10-15(11-22-12-25)17-14(2)18(20-3)24(23-17)16-8-6-5-7-9-16/h5-12,20H,1-4H3,(H,21,26)(H,22,25)/b13-10+,15-11+. The van der Waals surface area contributed by atoms with Gasteiger partial charge < -0.3 is 16.0 Å². The molecule has 1 aromatic heterocycles. The van der Waals surface area contributed by atoms with Crippen LogP contribution in [0.1, 0.15) is 18.2 Å². The third-order valence-electron chi connectivity index (χ3n) is 3.90. The molecule has 0 spiro atoms. The van der Waals surface area contributed by atoms with Gasteiger partial charge in [0.1, 0.15) is 5.82 Å². The number of nitrogens with one attached hydrogen (secondary N) is 3. The summed E-state index contributed by atoms with van der Waals surface area (Å²) >= 11 is 0. The topological polar surface area (TPSA) is 88.1 Å². The molecule has 0 saturated carbocycles. The highest BCUT2D eigenvalue weighted by atomic mass is 16.1. The number of rotatable bonds is 7. The van der Waals surface area contributed by atoms with E-state index in [0.717, 1.165) is 17.1 Å². The van der Waals surface area contributed by atoms with Crippen LogP contribution in [-0.2, 0) is 9.59 Å². The molecule has 0 bridgehead atoms. The van der Waals surface area contributed by atoms with E-state index in [1.807, 2.05) is 44.3 Å². The van der Waals surface area contributed by atoms with E-state index in [1.54, 1.807) is 24.7 Å². The van der Waals surface area contributed by atoms with Crippen molar-refractivity contribution in [1.29, 1.82) is 0 Å². The molecule has 0 aliphatic carbocycles. The van der Waals surface area contributed by atoms with Gasteiger partial charge >= 0.3 is 0 Å². The third kappa shape index (κ3) is 4.00. The number of para-hydroxylation sites is 1. The minimum absolute atomic E-state index is 0.198. The van der Waals surface area contributed by atoms with Crippen molar-refractivity contribution in [1.82, 2.24) is 20.4 Å². The van der Waals surface area contributed by atoms with Gasteiger partial charge in [-0.05, 0) is 32.1 Å². The average molecular weight is 353 g/mol. The summed E-state index contributed by atoms with van der Waals surface area (Å²) in [6, 6.07) is 9.72. The van der Waals surface area contributed by atoms with E-state index in [-0.39, 0.29) is 5.91 Å². The molecule has 0 aliphatic heterocycles. The first-order chi connectivity index (χ1) is 12.5. The van der Waals surface area contributed by atoms with Gasteiger partial charge in [-0.15, -0.1) is 0 Å². The van der Waals surface area contributed by atoms with Crippen molar-refractivity contribution in [3.8, 4) is 5.69 Å². The smallest absolute Gasteiger partial charge is 0.246 e. The normalized spacial score (nSPS) is 11.8. The summed E-state index contributed by atoms with van der Waals surface area (Å²) in [6.07, 6.45) is 3.80.